The van der Waals surface area contributed by atoms with Gasteiger partial charge in [-0.15, -0.1) is 0 Å². The third-order valence-electron chi connectivity index (χ3n) is 2.30. The Kier molecular flexibility index (Phi) is 7.76. The van der Waals surface area contributed by atoms with Crippen molar-refractivity contribution in [2.75, 3.05) is 6.16 Å². The molecule has 7 nitrogen and oxygen atoms in total. The molecule has 0 rings (SSSR count). The van der Waals surface area contributed by atoms with E-state index in [1.807, 2.05) is 0 Å². The lowest BCUT2D eigenvalue weighted by Crippen LogP contribution is -2.06. The Morgan fingerprint density at radius 2 is 1.29 bits per heavy atom. The summed E-state index contributed by atoms with van der Waals surface area (Å²) >= 11 is 0. The molecule has 0 aromatic heterocycles. The summed E-state index contributed by atoms with van der Waals surface area (Å²) in [6, 6.07) is 0. The monoisotopic (exact) mass is 290 g/mol. The second-order valence-corrected chi connectivity index (χ2v) is 7.57. The predicted molar refractivity (Wildman–Crippen MR) is 62.7 cm³/mol. The topological polar surface area (TPSA) is 135 Å². The highest BCUT2D eigenvalue weighted by Gasteiger charge is 2.25. The number of unbranched alkanes of at least 4 members (excludes halogenated alkanes) is 4. The zero-order valence-electron chi connectivity index (χ0n) is 9.47. The van der Waals surface area contributed by atoms with E-state index >= 15 is 0 Å². The molecule has 1 atom stereocenters. The highest BCUT2D eigenvalue weighted by Crippen LogP contribution is 2.41. The molecule has 0 aliphatic carbocycles. The first kappa shape index (κ1) is 17.3. The molecule has 1 unspecified atom stereocenters. The molecule has 0 fully saturated rings. The van der Waals surface area contributed by atoms with E-state index in [1.165, 1.54) is 0 Å². The minimum absolute atomic E-state index is 0.0444. The molecule has 9 heteroatoms. The van der Waals surface area contributed by atoms with E-state index < -0.39 is 21.0 Å². The molecule has 0 amide bonds. The van der Waals surface area contributed by atoms with E-state index in [2.05, 4.69) is 0 Å². The van der Waals surface area contributed by atoms with Crippen LogP contribution in [0.2, 0.25) is 0 Å². The van der Waals surface area contributed by atoms with E-state index in [4.69, 9.17) is 24.7 Å². The third-order valence-corrected chi connectivity index (χ3v) is 4.23. The van der Waals surface area contributed by atoms with Crippen molar-refractivity contribution in [1.82, 2.24) is 0 Å². The quantitative estimate of drug-likeness (QED) is 0.315. The van der Waals surface area contributed by atoms with Gasteiger partial charge in [0.25, 0.3) is 0 Å². The average molecular weight is 290 g/mol. The van der Waals surface area contributed by atoms with Crippen molar-refractivity contribution < 1.29 is 33.8 Å². The van der Waals surface area contributed by atoms with Crippen LogP contribution in [0.25, 0.3) is 0 Å². The standard InChI is InChI=1S/C8H20O7P2/c9-8(17(13,14)15)6-4-2-1-3-5-7-16(10,11)12/h8-9H,1-7H2,(H2,10,11,12)(H2,13,14,15). The Hall–Kier alpha value is 0.260. The van der Waals surface area contributed by atoms with Gasteiger partial charge in [-0.3, -0.25) is 9.13 Å². The minimum atomic E-state index is -4.39. The van der Waals surface area contributed by atoms with E-state index in [9.17, 15) is 9.13 Å². The van der Waals surface area contributed by atoms with E-state index in [0.29, 0.717) is 25.7 Å². The molecule has 0 heterocycles. The Morgan fingerprint density at radius 3 is 1.76 bits per heavy atom. The largest absolute Gasteiger partial charge is 0.380 e. The Bertz CT molecular complexity index is 294. The summed E-state index contributed by atoms with van der Waals surface area (Å²) in [5.41, 5.74) is 0. The van der Waals surface area contributed by atoms with Gasteiger partial charge in [0.1, 0.15) is 0 Å². The molecule has 0 aromatic rings. The lowest BCUT2D eigenvalue weighted by molar-refractivity contribution is 0.190. The van der Waals surface area contributed by atoms with Crippen LogP contribution in [-0.2, 0) is 9.13 Å². The summed E-state index contributed by atoms with van der Waals surface area (Å²) in [5, 5.41) is 9.03. The summed E-state index contributed by atoms with van der Waals surface area (Å²) in [6.07, 6.45) is 2.91. The molecule has 104 valence electrons. The van der Waals surface area contributed by atoms with Crippen molar-refractivity contribution in [1.29, 1.82) is 0 Å². The Balaban J connectivity index is 3.42. The van der Waals surface area contributed by atoms with Gasteiger partial charge in [-0.1, -0.05) is 25.7 Å². The first-order chi connectivity index (χ1) is 7.63. The predicted octanol–water partition coefficient (Wildman–Crippen LogP) is 1.00. The van der Waals surface area contributed by atoms with Crippen LogP contribution in [0.4, 0.5) is 0 Å². The lowest BCUT2D eigenvalue weighted by Gasteiger charge is -2.11. The van der Waals surface area contributed by atoms with Crippen molar-refractivity contribution in [2.24, 2.45) is 0 Å². The molecular formula is C8H20O7P2. The van der Waals surface area contributed by atoms with Gasteiger partial charge >= 0.3 is 15.2 Å². The fourth-order valence-electron chi connectivity index (χ4n) is 1.34. The maximum atomic E-state index is 10.6. The minimum Gasteiger partial charge on any atom is -0.380 e. The van der Waals surface area contributed by atoms with Crippen molar-refractivity contribution in [3.8, 4) is 0 Å². The lowest BCUT2D eigenvalue weighted by atomic mass is 10.1. The van der Waals surface area contributed by atoms with Crippen LogP contribution < -0.4 is 0 Å². The SMILES string of the molecule is O=P(O)(O)CCCCCCCC(O)P(=O)(O)O. The van der Waals surface area contributed by atoms with Crippen molar-refractivity contribution in [2.45, 2.75) is 44.4 Å². The van der Waals surface area contributed by atoms with Gasteiger partial charge < -0.3 is 24.7 Å². The summed E-state index contributed by atoms with van der Waals surface area (Å²) < 4.78 is 21.1. The fourth-order valence-corrected chi connectivity index (χ4v) is 2.50. The number of hydrogen-bond donors (Lipinski definition) is 5. The maximum Gasteiger partial charge on any atom is 0.353 e. The van der Waals surface area contributed by atoms with E-state index in [0.717, 1.165) is 6.42 Å². The first-order valence-corrected chi connectivity index (χ1v) is 8.89. The molecule has 0 spiro atoms. The first-order valence-electron chi connectivity index (χ1n) is 5.41. The summed E-state index contributed by atoms with van der Waals surface area (Å²) in [5.74, 6) is -1.60. The van der Waals surface area contributed by atoms with Gasteiger partial charge in [-0.05, 0) is 12.8 Å². The molecule has 0 bridgehead atoms. The molecule has 0 saturated heterocycles. The average Bonchev–Trinajstić information content (AvgIpc) is 2.12. The van der Waals surface area contributed by atoms with Gasteiger partial charge in [0.2, 0.25) is 0 Å². The van der Waals surface area contributed by atoms with Gasteiger partial charge in [-0.25, -0.2) is 0 Å². The van der Waals surface area contributed by atoms with Gasteiger partial charge in [0.15, 0.2) is 5.85 Å². The summed E-state index contributed by atoms with van der Waals surface area (Å²) in [7, 11) is -8.29. The van der Waals surface area contributed by atoms with Crippen molar-refractivity contribution in [3.05, 3.63) is 0 Å². The smallest absolute Gasteiger partial charge is 0.353 e. The van der Waals surface area contributed by atoms with Gasteiger partial charge in [-0.2, -0.15) is 0 Å². The highest BCUT2D eigenvalue weighted by molar-refractivity contribution is 7.52. The van der Waals surface area contributed by atoms with E-state index in [1.54, 1.807) is 0 Å². The van der Waals surface area contributed by atoms with Crippen LogP contribution in [0.5, 0.6) is 0 Å². The normalized spacial score (nSPS) is 14.9. The zero-order chi connectivity index (χ0) is 13.5. The molecule has 17 heavy (non-hydrogen) atoms. The van der Waals surface area contributed by atoms with Crippen molar-refractivity contribution in [3.63, 3.8) is 0 Å². The molecule has 0 aliphatic heterocycles. The zero-order valence-corrected chi connectivity index (χ0v) is 11.3. The molecule has 5 N–H and O–H groups in total. The second kappa shape index (κ2) is 7.64. The molecule has 0 aliphatic rings. The fraction of sp³-hybridized carbons (Fsp3) is 1.00. The molecule has 0 aromatic carbocycles. The molecular weight excluding hydrogens is 270 g/mol. The molecule has 0 saturated carbocycles. The van der Waals surface area contributed by atoms with Crippen LogP contribution in [0.15, 0.2) is 0 Å². The third kappa shape index (κ3) is 11.1. The Labute approximate surface area is 100 Å². The summed E-state index contributed by atoms with van der Waals surface area (Å²) in [6.45, 7) is 0. The number of hydrogen-bond acceptors (Lipinski definition) is 3. The highest BCUT2D eigenvalue weighted by atomic mass is 31.2. The van der Waals surface area contributed by atoms with Crippen LogP contribution in [0.3, 0.4) is 0 Å². The van der Waals surface area contributed by atoms with Crippen molar-refractivity contribution >= 4 is 15.2 Å². The number of aliphatic hydroxyl groups excluding tert-OH is 1. The number of rotatable bonds is 9. The van der Waals surface area contributed by atoms with Crippen LogP contribution in [-0.4, -0.2) is 36.7 Å². The van der Waals surface area contributed by atoms with Crippen LogP contribution in [0.1, 0.15) is 38.5 Å². The number of aliphatic hydroxyl groups is 1. The van der Waals surface area contributed by atoms with Gasteiger partial charge in [0, 0.05) is 6.16 Å². The second-order valence-electron chi connectivity index (χ2n) is 4.01. The Morgan fingerprint density at radius 1 is 0.824 bits per heavy atom. The van der Waals surface area contributed by atoms with Gasteiger partial charge in [0.05, 0.1) is 0 Å². The van der Waals surface area contributed by atoms with Crippen LogP contribution >= 0.6 is 15.2 Å². The van der Waals surface area contributed by atoms with E-state index in [-0.39, 0.29) is 12.6 Å². The summed E-state index contributed by atoms with van der Waals surface area (Å²) in [4.78, 5) is 34.3. The maximum absolute atomic E-state index is 10.6. The molecule has 0 radical (unpaired) electrons. The van der Waals surface area contributed by atoms with Crippen LogP contribution in [0, 0.1) is 0 Å².